The Kier molecular flexibility index (Phi) is 2.03. The zero-order valence-electron chi connectivity index (χ0n) is 8.42. The fourth-order valence-electron chi connectivity index (χ4n) is 1.40. The van der Waals surface area contributed by atoms with Crippen LogP contribution in [0.4, 0.5) is 0 Å². The highest BCUT2D eigenvalue weighted by atomic mass is 32.1. The summed E-state index contributed by atoms with van der Waals surface area (Å²) in [6, 6.07) is 0. The van der Waals surface area contributed by atoms with E-state index < -0.39 is 0 Å². The number of rotatable bonds is 0. The molecule has 0 spiro atoms. The summed E-state index contributed by atoms with van der Waals surface area (Å²) >= 11 is 1.88. The lowest BCUT2D eigenvalue weighted by Crippen LogP contribution is -2.10. The van der Waals surface area contributed by atoms with Crippen LogP contribution in [-0.4, -0.2) is 4.98 Å². The molecular formula is C11H15NS. The van der Waals surface area contributed by atoms with Gasteiger partial charge >= 0.3 is 0 Å². The Morgan fingerprint density at radius 3 is 2.77 bits per heavy atom. The van der Waals surface area contributed by atoms with Crippen LogP contribution in [-0.2, 0) is 11.8 Å². The molecule has 1 heterocycles. The van der Waals surface area contributed by atoms with E-state index in [1.807, 2.05) is 11.3 Å². The Bertz CT molecular complexity index is 341. The van der Waals surface area contributed by atoms with Crippen LogP contribution < -0.4 is 0 Å². The standard InChI is InChI=1S/C11H15NS/c1-11(2,3)10-12-8-6-4-5-7-9(8)13-10/h4,6H,5,7H2,1-3H3. The Balaban J connectivity index is 2.42. The second-order valence-corrected chi connectivity index (χ2v) is 5.60. The number of fused-ring (bicyclic) bond motifs is 1. The fourth-order valence-corrected chi connectivity index (χ4v) is 2.52. The smallest absolute Gasteiger partial charge is 0.0988 e. The molecule has 0 unspecified atom stereocenters. The van der Waals surface area contributed by atoms with Gasteiger partial charge < -0.3 is 0 Å². The van der Waals surface area contributed by atoms with Gasteiger partial charge in [0.2, 0.25) is 0 Å². The van der Waals surface area contributed by atoms with Crippen LogP contribution >= 0.6 is 11.3 Å². The van der Waals surface area contributed by atoms with Crippen LogP contribution in [0.1, 0.15) is 42.8 Å². The third-order valence-corrected chi connectivity index (χ3v) is 3.74. The van der Waals surface area contributed by atoms with E-state index in [-0.39, 0.29) is 5.41 Å². The molecule has 0 amide bonds. The number of hydrogen-bond donors (Lipinski definition) is 0. The highest BCUT2D eigenvalue weighted by molar-refractivity contribution is 7.12. The molecule has 1 aromatic rings. The molecule has 0 fully saturated rings. The largest absolute Gasteiger partial charge is 0.241 e. The van der Waals surface area contributed by atoms with Gasteiger partial charge in [-0.05, 0) is 18.9 Å². The lowest BCUT2D eigenvalue weighted by Gasteiger charge is -2.13. The molecule has 0 bridgehead atoms. The predicted octanol–water partition coefficient (Wildman–Crippen LogP) is 3.40. The molecule has 0 saturated heterocycles. The van der Waals surface area contributed by atoms with Crippen molar-refractivity contribution in [2.75, 3.05) is 0 Å². The number of nitrogens with zero attached hydrogens (tertiary/aromatic N) is 1. The monoisotopic (exact) mass is 193 g/mol. The topological polar surface area (TPSA) is 12.9 Å². The molecule has 1 aromatic heterocycles. The zero-order valence-corrected chi connectivity index (χ0v) is 9.24. The minimum atomic E-state index is 0.204. The minimum absolute atomic E-state index is 0.204. The molecule has 2 heteroatoms. The van der Waals surface area contributed by atoms with Crippen molar-refractivity contribution in [3.63, 3.8) is 0 Å². The predicted molar refractivity (Wildman–Crippen MR) is 58.2 cm³/mol. The summed E-state index contributed by atoms with van der Waals surface area (Å²) in [7, 11) is 0. The molecule has 0 aliphatic heterocycles. The van der Waals surface area contributed by atoms with Crippen LogP contribution in [0, 0.1) is 0 Å². The van der Waals surface area contributed by atoms with Crippen molar-refractivity contribution in [2.24, 2.45) is 0 Å². The van der Waals surface area contributed by atoms with Gasteiger partial charge in [-0.2, -0.15) is 0 Å². The van der Waals surface area contributed by atoms with Gasteiger partial charge in [0.25, 0.3) is 0 Å². The molecule has 2 rings (SSSR count). The average molecular weight is 193 g/mol. The maximum absolute atomic E-state index is 4.65. The van der Waals surface area contributed by atoms with Gasteiger partial charge in [-0.15, -0.1) is 11.3 Å². The molecular weight excluding hydrogens is 178 g/mol. The van der Waals surface area contributed by atoms with Gasteiger partial charge in [-0.1, -0.05) is 26.8 Å². The number of aryl methyl sites for hydroxylation is 1. The molecule has 1 aliphatic rings. The zero-order chi connectivity index (χ0) is 9.47. The molecule has 13 heavy (non-hydrogen) atoms. The minimum Gasteiger partial charge on any atom is -0.241 e. The van der Waals surface area contributed by atoms with Crippen molar-refractivity contribution in [3.05, 3.63) is 21.7 Å². The van der Waals surface area contributed by atoms with Crippen LogP contribution in [0.15, 0.2) is 6.08 Å². The van der Waals surface area contributed by atoms with Gasteiger partial charge in [0.15, 0.2) is 0 Å². The van der Waals surface area contributed by atoms with E-state index in [2.05, 4.69) is 37.9 Å². The summed E-state index contributed by atoms with van der Waals surface area (Å²) in [5, 5.41) is 1.27. The number of thiazole rings is 1. The Morgan fingerprint density at radius 2 is 2.15 bits per heavy atom. The third kappa shape index (κ3) is 1.68. The summed E-state index contributed by atoms with van der Waals surface area (Å²) in [6.07, 6.45) is 6.73. The highest BCUT2D eigenvalue weighted by Crippen LogP contribution is 2.32. The van der Waals surface area contributed by atoms with Gasteiger partial charge in [0.1, 0.15) is 0 Å². The van der Waals surface area contributed by atoms with E-state index >= 15 is 0 Å². The lowest BCUT2D eigenvalue weighted by molar-refractivity contribution is 0.585. The summed E-state index contributed by atoms with van der Waals surface area (Å²) in [4.78, 5) is 6.12. The van der Waals surface area contributed by atoms with Gasteiger partial charge in [-0.3, -0.25) is 0 Å². The quantitative estimate of drug-likeness (QED) is 0.615. The first-order chi connectivity index (χ1) is 6.07. The summed E-state index contributed by atoms with van der Waals surface area (Å²) in [5.74, 6) is 0. The van der Waals surface area contributed by atoms with Crippen molar-refractivity contribution >= 4 is 17.4 Å². The Morgan fingerprint density at radius 1 is 1.38 bits per heavy atom. The fraction of sp³-hybridized carbons (Fsp3) is 0.545. The molecule has 0 aromatic carbocycles. The first kappa shape index (κ1) is 8.95. The van der Waals surface area contributed by atoms with Crippen molar-refractivity contribution in [3.8, 4) is 0 Å². The van der Waals surface area contributed by atoms with Gasteiger partial charge in [-0.25, -0.2) is 4.98 Å². The van der Waals surface area contributed by atoms with Gasteiger partial charge in [0.05, 0.1) is 10.7 Å². The molecule has 0 atom stereocenters. The molecule has 70 valence electrons. The Hall–Kier alpha value is -0.630. The van der Waals surface area contributed by atoms with Crippen molar-refractivity contribution < 1.29 is 0 Å². The summed E-state index contributed by atoms with van der Waals surface area (Å²) in [6.45, 7) is 6.67. The van der Waals surface area contributed by atoms with Crippen LogP contribution in [0.3, 0.4) is 0 Å². The number of aromatic nitrogens is 1. The van der Waals surface area contributed by atoms with Crippen LogP contribution in [0.25, 0.3) is 6.08 Å². The lowest BCUT2D eigenvalue weighted by atomic mass is 9.98. The molecule has 0 N–H and O–H groups in total. The van der Waals surface area contributed by atoms with E-state index in [0.29, 0.717) is 0 Å². The van der Waals surface area contributed by atoms with Gasteiger partial charge in [0, 0.05) is 10.3 Å². The molecule has 1 nitrogen and oxygen atoms in total. The van der Waals surface area contributed by atoms with E-state index in [1.54, 1.807) is 0 Å². The first-order valence-electron chi connectivity index (χ1n) is 4.74. The van der Waals surface area contributed by atoms with Crippen LogP contribution in [0.2, 0.25) is 0 Å². The molecule has 0 saturated carbocycles. The average Bonchev–Trinajstić information content (AvgIpc) is 2.45. The Labute approximate surface area is 83.5 Å². The second-order valence-electron chi connectivity index (χ2n) is 4.52. The molecule has 1 aliphatic carbocycles. The van der Waals surface area contributed by atoms with E-state index in [4.69, 9.17) is 0 Å². The van der Waals surface area contributed by atoms with Crippen LogP contribution in [0.5, 0.6) is 0 Å². The van der Waals surface area contributed by atoms with Crippen molar-refractivity contribution in [1.29, 1.82) is 0 Å². The summed E-state index contributed by atoms with van der Waals surface area (Å²) in [5.41, 5.74) is 1.41. The normalized spacial score (nSPS) is 15.9. The maximum atomic E-state index is 4.65. The van der Waals surface area contributed by atoms with E-state index in [0.717, 1.165) is 0 Å². The number of allylic oxidation sites excluding steroid dienone is 1. The van der Waals surface area contributed by atoms with Crippen molar-refractivity contribution in [1.82, 2.24) is 4.98 Å². The van der Waals surface area contributed by atoms with E-state index in [1.165, 1.54) is 28.4 Å². The highest BCUT2D eigenvalue weighted by Gasteiger charge is 2.21. The third-order valence-electron chi connectivity index (χ3n) is 2.18. The maximum Gasteiger partial charge on any atom is 0.0988 e. The first-order valence-corrected chi connectivity index (χ1v) is 5.56. The second kappa shape index (κ2) is 2.95. The van der Waals surface area contributed by atoms with Crippen molar-refractivity contribution in [2.45, 2.75) is 39.0 Å². The van der Waals surface area contributed by atoms with E-state index in [9.17, 15) is 0 Å². The summed E-state index contributed by atoms with van der Waals surface area (Å²) < 4.78 is 0. The molecule has 0 radical (unpaired) electrons. The SMILES string of the molecule is CC(C)(C)c1nc2c(s1)CCC=C2. The number of hydrogen-bond acceptors (Lipinski definition) is 2.